The Bertz CT molecular complexity index is 1710. The number of halogens is 3. The molecule has 0 unspecified atom stereocenters. The second kappa shape index (κ2) is 10.6. The second-order valence-corrected chi connectivity index (χ2v) is 9.85. The van der Waals surface area contributed by atoms with E-state index in [1.54, 1.807) is 40.2 Å². The van der Waals surface area contributed by atoms with Gasteiger partial charge in [-0.2, -0.15) is 0 Å². The molecule has 12 heteroatoms. The maximum atomic E-state index is 14.9. The molecular formula is C28H28F3N7O2. The van der Waals surface area contributed by atoms with Gasteiger partial charge in [0.1, 0.15) is 29.8 Å². The van der Waals surface area contributed by atoms with Crippen molar-refractivity contribution in [3.8, 4) is 22.5 Å². The van der Waals surface area contributed by atoms with Crippen molar-refractivity contribution >= 4 is 11.7 Å². The first-order valence-electron chi connectivity index (χ1n) is 12.7. The number of pyridine rings is 2. The zero-order valence-electron chi connectivity index (χ0n) is 22.5. The average molecular weight is 552 g/mol. The number of likely N-dealkylation sites (N-methyl/N-ethyl adjacent to an activating group) is 1. The lowest BCUT2D eigenvalue weighted by Crippen LogP contribution is -2.31. The van der Waals surface area contributed by atoms with Crippen LogP contribution in [0.5, 0.6) is 0 Å². The van der Waals surface area contributed by atoms with Crippen LogP contribution in [0.4, 0.5) is 19.0 Å². The predicted molar refractivity (Wildman–Crippen MR) is 144 cm³/mol. The normalized spacial score (nSPS) is 13.9. The predicted octanol–water partition coefficient (Wildman–Crippen LogP) is 3.77. The highest BCUT2D eigenvalue weighted by Gasteiger charge is 2.25. The van der Waals surface area contributed by atoms with Crippen LogP contribution in [0.15, 0.2) is 52.4 Å². The monoisotopic (exact) mass is 551 g/mol. The summed E-state index contributed by atoms with van der Waals surface area (Å²) in [6.45, 7) is 4.48. The quantitative estimate of drug-likeness (QED) is 0.394. The van der Waals surface area contributed by atoms with Crippen LogP contribution in [0.3, 0.4) is 0 Å². The van der Waals surface area contributed by atoms with Gasteiger partial charge in [0.25, 0.3) is 12.0 Å². The minimum absolute atomic E-state index is 0.0376. The van der Waals surface area contributed by atoms with Crippen molar-refractivity contribution in [2.45, 2.75) is 39.4 Å². The van der Waals surface area contributed by atoms with E-state index in [1.165, 1.54) is 27.7 Å². The molecule has 5 rings (SSSR count). The first kappa shape index (κ1) is 27.1. The van der Waals surface area contributed by atoms with Gasteiger partial charge in [-0.1, -0.05) is 18.2 Å². The summed E-state index contributed by atoms with van der Waals surface area (Å²) in [5, 5.41) is 3.37. The Balaban J connectivity index is 1.69. The number of nitrogens with zero attached hydrogens (tertiary/aromatic N) is 6. The number of nitrogens with one attached hydrogen (secondary N) is 1. The summed E-state index contributed by atoms with van der Waals surface area (Å²) in [5.74, 6) is 0.631. The van der Waals surface area contributed by atoms with Gasteiger partial charge in [-0.05, 0) is 26.0 Å². The molecule has 208 valence electrons. The van der Waals surface area contributed by atoms with Crippen LogP contribution < -0.4 is 16.4 Å². The van der Waals surface area contributed by atoms with Gasteiger partial charge in [0.15, 0.2) is 5.49 Å². The number of anilines is 1. The van der Waals surface area contributed by atoms with E-state index in [1.807, 2.05) is 10.6 Å². The van der Waals surface area contributed by atoms with Crippen molar-refractivity contribution in [1.29, 1.82) is 0 Å². The minimum atomic E-state index is -2.94. The highest BCUT2D eigenvalue weighted by atomic mass is 19.3. The van der Waals surface area contributed by atoms with E-state index in [4.69, 9.17) is 0 Å². The van der Waals surface area contributed by atoms with Crippen molar-refractivity contribution < 1.29 is 18.0 Å². The third-order valence-corrected chi connectivity index (χ3v) is 6.87. The zero-order chi connectivity index (χ0) is 28.7. The number of hydrogen-bond donors (Lipinski definition) is 1. The van der Waals surface area contributed by atoms with Crippen LogP contribution in [-0.4, -0.2) is 50.5 Å². The number of aryl methyl sites for hydroxylation is 1. The lowest BCUT2D eigenvalue weighted by atomic mass is 10.0. The molecule has 2 aromatic rings. The van der Waals surface area contributed by atoms with Crippen LogP contribution in [-0.2, 0) is 17.9 Å². The van der Waals surface area contributed by atoms with Crippen LogP contribution in [0.2, 0.25) is 0 Å². The molecule has 0 spiro atoms. The number of hydrogen-bond acceptors (Lipinski definition) is 6. The molecule has 1 aromatic carbocycles. The Hall–Kier alpha value is -4.48. The molecule has 0 radical (unpaired) electrons. The van der Waals surface area contributed by atoms with Gasteiger partial charge >= 0.3 is 0 Å². The fourth-order valence-corrected chi connectivity index (χ4v) is 4.78. The molecule has 9 nitrogen and oxygen atoms in total. The maximum absolute atomic E-state index is 14.9. The number of amides is 1. The van der Waals surface area contributed by atoms with Crippen LogP contribution in [0.25, 0.3) is 22.5 Å². The topological polar surface area (TPSA) is 97.4 Å². The molecule has 1 atom stereocenters. The molecule has 1 amide bonds. The number of fused-ring (bicyclic) bond motifs is 3. The summed E-state index contributed by atoms with van der Waals surface area (Å²) in [4.78, 5) is 40.0. The third kappa shape index (κ3) is 4.96. The molecule has 3 aliphatic heterocycles. The third-order valence-electron chi connectivity index (χ3n) is 6.87. The smallest absolute Gasteiger partial charge is 0.266 e. The van der Waals surface area contributed by atoms with E-state index in [0.29, 0.717) is 35.9 Å². The Morgan fingerprint density at radius 1 is 1.15 bits per heavy atom. The standard InChI is InChI=1S/C28H28F3N7O2/c1-15(18-6-5-7-19(24(18)29)25(30)31)33-26-21-12-20(27-32-10-11-38(27)28(21)35-16(2)34-26)17-8-9-22(39)37(13-17)14-23(40)36(3)4/h5-9,12-13,15,25,32H,10-11,14H2,1-4H3/t15-/m1/s1. The van der Waals surface area contributed by atoms with Crippen molar-refractivity contribution in [2.75, 3.05) is 26.0 Å². The number of carbonyl (C=O) groups excluding carboxylic acids is 1. The average Bonchev–Trinajstić information content (AvgIpc) is 3.40. The van der Waals surface area contributed by atoms with Gasteiger partial charge in [0.05, 0.1) is 17.2 Å². The molecule has 0 bridgehead atoms. The molecule has 4 heterocycles. The largest absolute Gasteiger partial charge is 0.369 e. The van der Waals surface area contributed by atoms with Gasteiger partial charge < -0.3 is 19.4 Å². The van der Waals surface area contributed by atoms with E-state index >= 15 is 0 Å². The number of alkyl halides is 2. The Labute approximate surface area is 228 Å². The molecule has 0 saturated heterocycles. The summed E-state index contributed by atoms with van der Waals surface area (Å²) in [7, 11) is 3.25. The Kier molecular flexibility index (Phi) is 7.17. The van der Waals surface area contributed by atoms with Crippen LogP contribution >= 0.6 is 0 Å². The van der Waals surface area contributed by atoms with Crippen molar-refractivity contribution in [2.24, 2.45) is 4.99 Å². The summed E-state index contributed by atoms with van der Waals surface area (Å²) in [6, 6.07) is 8.01. The zero-order valence-corrected chi connectivity index (χ0v) is 22.5. The fourth-order valence-electron chi connectivity index (χ4n) is 4.78. The highest BCUT2D eigenvalue weighted by Crippen LogP contribution is 2.36. The Morgan fingerprint density at radius 2 is 1.90 bits per heavy atom. The van der Waals surface area contributed by atoms with Gasteiger partial charge in [-0.3, -0.25) is 14.6 Å². The molecular weight excluding hydrogens is 523 g/mol. The van der Waals surface area contributed by atoms with Crippen molar-refractivity contribution in [3.05, 3.63) is 81.2 Å². The van der Waals surface area contributed by atoms with Crippen LogP contribution in [0.1, 0.15) is 36.3 Å². The van der Waals surface area contributed by atoms with Crippen molar-refractivity contribution in [1.82, 2.24) is 24.0 Å². The highest BCUT2D eigenvalue weighted by molar-refractivity contribution is 5.82. The first-order valence-corrected chi connectivity index (χ1v) is 12.7. The van der Waals surface area contributed by atoms with Crippen molar-refractivity contribution in [3.63, 3.8) is 0 Å². The maximum Gasteiger partial charge on any atom is 0.266 e. The van der Waals surface area contributed by atoms with Crippen LogP contribution in [0, 0.1) is 12.7 Å². The lowest BCUT2D eigenvalue weighted by Gasteiger charge is -2.19. The van der Waals surface area contributed by atoms with E-state index in [0.717, 1.165) is 17.4 Å². The molecule has 1 N–H and O–H groups in total. The summed E-state index contributed by atoms with van der Waals surface area (Å²) < 4.78 is 44.9. The first-order chi connectivity index (χ1) is 19.0. The number of carbonyl (C=O) groups is 1. The molecule has 0 saturated carbocycles. The molecule has 1 aromatic heterocycles. The summed E-state index contributed by atoms with van der Waals surface area (Å²) >= 11 is 0. The number of aromatic nitrogens is 4. The van der Waals surface area contributed by atoms with Gasteiger partial charge in [-0.15, -0.1) is 0 Å². The Morgan fingerprint density at radius 3 is 2.62 bits per heavy atom. The number of rotatable bonds is 6. The molecule has 0 fully saturated rings. The summed E-state index contributed by atoms with van der Waals surface area (Å²) in [5.41, 5.74) is 1.33. The fraction of sp³-hybridized carbons (Fsp3) is 0.321. The second-order valence-electron chi connectivity index (χ2n) is 9.85. The number of benzene rings is 1. The van der Waals surface area contributed by atoms with E-state index < -0.39 is 23.8 Å². The van der Waals surface area contributed by atoms with Gasteiger partial charge in [0, 0.05) is 56.1 Å². The molecule has 0 aliphatic carbocycles. The molecule has 40 heavy (non-hydrogen) atoms. The lowest BCUT2D eigenvalue weighted by molar-refractivity contribution is -0.129. The molecule has 3 aliphatic rings. The van der Waals surface area contributed by atoms with Gasteiger partial charge in [-0.25, -0.2) is 23.1 Å². The summed E-state index contributed by atoms with van der Waals surface area (Å²) in [6.07, 6.45) is -1.31. The SMILES string of the molecule is Cc1nc2n3c(c(-c4ccc(=O)n(CC(=O)N(C)C)c4)cc-2c(=N[C@H](C)c2cccc(C(F)F)c2F)n1)NCC3. The van der Waals surface area contributed by atoms with Gasteiger partial charge in [0.2, 0.25) is 5.91 Å². The van der Waals surface area contributed by atoms with E-state index in [-0.39, 0.29) is 29.1 Å². The van der Waals surface area contributed by atoms with E-state index in [2.05, 4.69) is 20.3 Å². The minimum Gasteiger partial charge on any atom is -0.369 e. The van der Waals surface area contributed by atoms with E-state index in [9.17, 15) is 22.8 Å².